The smallest absolute Gasteiger partial charge is 0.313 e. The number of methoxy groups -OCH3 is 1. The Kier molecular flexibility index (Phi) is 5.86. The summed E-state index contributed by atoms with van der Waals surface area (Å²) in [5, 5.41) is 8.55. The number of hydrogen-bond donors (Lipinski definition) is 1. The molecule has 17 heavy (non-hydrogen) atoms. The minimum absolute atomic E-state index is 0.113. The first-order valence-electron chi connectivity index (χ1n) is 5.13. The maximum absolute atomic E-state index is 10.4. The molecule has 0 saturated carbocycles. The maximum atomic E-state index is 10.4. The van der Waals surface area contributed by atoms with E-state index in [4.69, 9.17) is 14.6 Å². The van der Waals surface area contributed by atoms with Crippen molar-refractivity contribution in [2.45, 2.75) is 12.7 Å². The molecule has 0 bridgehead atoms. The summed E-state index contributed by atoms with van der Waals surface area (Å²) in [6, 6.07) is 5.85. The van der Waals surface area contributed by atoms with E-state index in [1.54, 1.807) is 7.11 Å². The number of carboxylic acid groups (broad SMARTS) is 1. The van der Waals surface area contributed by atoms with E-state index in [0.29, 0.717) is 5.75 Å². The molecule has 0 radical (unpaired) electrons. The highest BCUT2D eigenvalue weighted by Crippen LogP contribution is 2.20. The second kappa shape index (κ2) is 7.19. The van der Waals surface area contributed by atoms with Gasteiger partial charge in [-0.2, -0.15) is 0 Å². The fourth-order valence-electron chi connectivity index (χ4n) is 1.37. The van der Waals surface area contributed by atoms with Gasteiger partial charge in [-0.05, 0) is 30.2 Å². The number of rotatable bonds is 7. The maximum Gasteiger partial charge on any atom is 0.313 e. The van der Waals surface area contributed by atoms with Gasteiger partial charge in [-0.25, -0.2) is 0 Å². The number of aryl methyl sites for hydroxylation is 1. The van der Waals surface area contributed by atoms with Crippen molar-refractivity contribution in [3.8, 4) is 5.75 Å². The van der Waals surface area contributed by atoms with E-state index in [-0.39, 0.29) is 12.5 Å². The van der Waals surface area contributed by atoms with Crippen LogP contribution in [-0.4, -0.2) is 30.7 Å². The summed E-state index contributed by atoms with van der Waals surface area (Å²) < 4.78 is 10.2. The number of benzene rings is 1. The molecule has 4 nitrogen and oxygen atoms in total. The number of thioether (sulfide) groups is 1. The van der Waals surface area contributed by atoms with Gasteiger partial charge in [-0.1, -0.05) is 6.07 Å². The van der Waals surface area contributed by atoms with Gasteiger partial charge in [-0.3, -0.25) is 4.79 Å². The Balaban J connectivity index is 2.58. The Bertz CT molecular complexity index is 379. The normalized spacial score (nSPS) is 10.2. The van der Waals surface area contributed by atoms with Gasteiger partial charge in [0.15, 0.2) is 6.79 Å². The van der Waals surface area contributed by atoms with Gasteiger partial charge in [-0.15, -0.1) is 11.8 Å². The van der Waals surface area contributed by atoms with Crippen LogP contribution in [0.5, 0.6) is 5.75 Å². The van der Waals surface area contributed by atoms with Crippen LogP contribution in [0.1, 0.15) is 11.1 Å². The highest BCUT2D eigenvalue weighted by atomic mass is 32.2. The lowest BCUT2D eigenvalue weighted by Crippen LogP contribution is -2.00. The minimum Gasteiger partial charge on any atom is -0.481 e. The van der Waals surface area contributed by atoms with Crippen LogP contribution in [0, 0.1) is 6.92 Å². The molecule has 0 aliphatic carbocycles. The quantitative estimate of drug-likeness (QED) is 0.759. The first-order valence-corrected chi connectivity index (χ1v) is 6.29. The van der Waals surface area contributed by atoms with Crippen molar-refractivity contribution in [3.63, 3.8) is 0 Å². The standard InChI is InChI=1S/C12H16O4S/c1-9-3-10(6-17-7-12(13)14)5-11(4-9)16-8-15-2/h3-5H,6-8H2,1-2H3,(H,13,14). The zero-order valence-electron chi connectivity index (χ0n) is 9.93. The molecule has 0 aliphatic heterocycles. The van der Waals surface area contributed by atoms with Crippen molar-refractivity contribution in [1.82, 2.24) is 0 Å². The van der Waals surface area contributed by atoms with Crippen molar-refractivity contribution in [2.24, 2.45) is 0 Å². The van der Waals surface area contributed by atoms with Crippen molar-refractivity contribution < 1.29 is 19.4 Å². The molecule has 0 fully saturated rings. The first-order chi connectivity index (χ1) is 8.11. The molecule has 1 rings (SSSR count). The van der Waals surface area contributed by atoms with E-state index >= 15 is 0 Å². The molecule has 0 aliphatic rings. The second-order valence-electron chi connectivity index (χ2n) is 3.59. The minimum atomic E-state index is -0.793. The van der Waals surface area contributed by atoms with Crippen LogP contribution in [-0.2, 0) is 15.3 Å². The molecule has 0 heterocycles. The fourth-order valence-corrected chi connectivity index (χ4v) is 2.05. The van der Waals surface area contributed by atoms with Gasteiger partial charge in [0.05, 0.1) is 5.75 Å². The van der Waals surface area contributed by atoms with E-state index in [2.05, 4.69) is 0 Å². The highest BCUT2D eigenvalue weighted by molar-refractivity contribution is 7.99. The zero-order valence-corrected chi connectivity index (χ0v) is 10.8. The Labute approximate surface area is 105 Å². The number of aliphatic carboxylic acids is 1. The average molecular weight is 256 g/mol. The van der Waals surface area contributed by atoms with E-state index < -0.39 is 5.97 Å². The van der Waals surface area contributed by atoms with Crippen molar-refractivity contribution >= 4 is 17.7 Å². The van der Waals surface area contributed by atoms with E-state index in [0.717, 1.165) is 16.9 Å². The first kappa shape index (κ1) is 13.9. The predicted molar refractivity (Wildman–Crippen MR) is 67.5 cm³/mol. The number of carbonyl (C=O) groups is 1. The van der Waals surface area contributed by atoms with Gasteiger partial charge in [0.25, 0.3) is 0 Å². The summed E-state index contributed by atoms with van der Waals surface area (Å²) in [7, 11) is 1.57. The third-order valence-electron chi connectivity index (χ3n) is 1.95. The highest BCUT2D eigenvalue weighted by Gasteiger charge is 2.02. The third kappa shape index (κ3) is 5.60. The van der Waals surface area contributed by atoms with Gasteiger partial charge in [0.2, 0.25) is 0 Å². The van der Waals surface area contributed by atoms with Gasteiger partial charge < -0.3 is 14.6 Å². The monoisotopic (exact) mass is 256 g/mol. The van der Waals surface area contributed by atoms with Crippen LogP contribution in [0.4, 0.5) is 0 Å². The van der Waals surface area contributed by atoms with Gasteiger partial charge >= 0.3 is 5.97 Å². The molecule has 0 amide bonds. The Hall–Kier alpha value is -1.20. The molecular weight excluding hydrogens is 240 g/mol. The average Bonchev–Trinajstić information content (AvgIpc) is 2.25. The SMILES string of the molecule is COCOc1cc(C)cc(CSCC(=O)O)c1. The fraction of sp³-hybridized carbons (Fsp3) is 0.417. The number of ether oxygens (including phenoxy) is 2. The topological polar surface area (TPSA) is 55.8 Å². The van der Waals surface area contributed by atoms with Gasteiger partial charge in [0.1, 0.15) is 5.75 Å². The molecule has 5 heteroatoms. The molecule has 94 valence electrons. The zero-order chi connectivity index (χ0) is 12.7. The van der Waals surface area contributed by atoms with Crippen molar-refractivity contribution in [2.75, 3.05) is 19.7 Å². The molecule has 0 saturated heterocycles. The molecule has 0 spiro atoms. The molecule has 1 aromatic carbocycles. The summed E-state index contributed by atoms with van der Waals surface area (Å²) in [5.41, 5.74) is 2.15. The molecule has 0 atom stereocenters. The van der Waals surface area contributed by atoms with E-state index in [1.807, 2.05) is 25.1 Å². The van der Waals surface area contributed by atoms with Crippen LogP contribution in [0.2, 0.25) is 0 Å². The summed E-state index contributed by atoms with van der Waals surface area (Å²) in [4.78, 5) is 10.4. The Morgan fingerprint density at radius 3 is 2.82 bits per heavy atom. The second-order valence-corrected chi connectivity index (χ2v) is 4.58. The molecular formula is C12H16O4S. The van der Waals surface area contributed by atoms with Crippen LogP contribution in [0.15, 0.2) is 18.2 Å². The van der Waals surface area contributed by atoms with Crippen LogP contribution in [0.25, 0.3) is 0 Å². The van der Waals surface area contributed by atoms with Crippen LogP contribution >= 0.6 is 11.8 Å². The van der Waals surface area contributed by atoms with Crippen molar-refractivity contribution in [3.05, 3.63) is 29.3 Å². The third-order valence-corrected chi connectivity index (χ3v) is 2.94. The lowest BCUT2D eigenvalue weighted by atomic mass is 10.1. The Morgan fingerprint density at radius 2 is 2.18 bits per heavy atom. The van der Waals surface area contributed by atoms with Crippen LogP contribution < -0.4 is 4.74 Å². The van der Waals surface area contributed by atoms with E-state index in [9.17, 15) is 4.79 Å². The molecule has 0 unspecified atom stereocenters. The largest absolute Gasteiger partial charge is 0.481 e. The predicted octanol–water partition coefficient (Wildman–Crippen LogP) is 2.30. The summed E-state index contributed by atoms with van der Waals surface area (Å²) >= 11 is 1.37. The number of carboxylic acids is 1. The molecule has 1 aromatic rings. The van der Waals surface area contributed by atoms with Crippen LogP contribution in [0.3, 0.4) is 0 Å². The summed E-state index contributed by atoms with van der Waals surface area (Å²) in [5.74, 6) is 0.732. The summed E-state index contributed by atoms with van der Waals surface area (Å²) in [6.07, 6.45) is 0. The molecule has 1 N–H and O–H groups in total. The van der Waals surface area contributed by atoms with E-state index in [1.165, 1.54) is 11.8 Å². The lowest BCUT2D eigenvalue weighted by molar-refractivity contribution is -0.133. The lowest BCUT2D eigenvalue weighted by Gasteiger charge is -2.08. The Morgan fingerprint density at radius 1 is 1.41 bits per heavy atom. The summed E-state index contributed by atoms with van der Waals surface area (Å²) in [6.45, 7) is 2.19. The van der Waals surface area contributed by atoms with Gasteiger partial charge in [0, 0.05) is 12.9 Å². The molecule has 0 aromatic heterocycles. The van der Waals surface area contributed by atoms with Crippen molar-refractivity contribution in [1.29, 1.82) is 0 Å². The number of hydrogen-bond acceptors (Lipinski definition) is 4.